The summed E-state index contributed by atoms with van der Waals surface area (Å²) in [5.74, 6) is -1.42. The predicted octanol–water partition coefficient (Wildman–Crippen LogP) is 1.28. The summed E-state index contributed by atoms with van der Waals surface area (Å²) >= 11 is 0. The highest BCUT2D eigenvalue weighted by molar-refractivity contribution is 5.98. The molecule has 7 heteroatoms. The van der Waals surface area contributed by atoms with E-state index in [1.54, 1.807) is 0 Å². The van der Waals surface area contributed by atoms with Gasteiger partial charge in [-0.2, -0.15) is 0 Å². The van der Waals surface area contributed by atoms with Crippen molar-refractivity contribution >= 4 is 29.1 Å². The van der Waals surface area contributed by atoms with E-state index in [0.717, 1.165) is 11.0 Å². The van der Waals surface area contributed by atoms with Gasteiger partial charge in [-0.25, -0.2) is 4.39 Å². The lowest BCUT2D eigenvalue weighted by Crippen LogP contribution is -2.41. The van der Waals surface area contributed by atoms with Crippen LogP contribution in [0.1, 0.15) is 25.7 Å². The van der Waals surface area contributed by atoms with Crippen molar-refractivity contribution in [2.75, 3.05) is 17.6 Å². The Balaban J connectivity index is 1.88. The van der Waals surface area contributed by atoms with Gasteiger partial charge in [-0.3, -0.25) is 19.3 Å². The van der Waals surface area contributed by atoms with Gasteiger partial charge in [-0.15, -0.1) is 0 Å². The van der Waals surface area contributed by atoms with Crippen LogP contribution in [0.3, 0.4) is 0 Å². The smallest absolute Gasteiger partial charge is 0.229 e. The second-order valence-corrected chi connectivity index (χ2v) is 4.83. The van der Waals surface area contributed by atoms with Gasteiger partial charge in [-0.05, 0) is 24.6 Å². The zero-order valence-corrected chi connectivity index (χ0v) is 11.4. The Kier molecular flexibility index (Phi) is 4.52. The van der Waals surface area contributed by atoms with Crippen molar-refractivity contribution in [2.24, 2.45) is 0 Å². The van der Waals surface area contributed by atoms with Crippen molar-refractivity contribution in [3.05, 3.63) is 24.0 Å². The number of benzene rings is 1. The molecule has 0 saturated carbocycles. The van der Waals surface area contributed by atoms with Crippen LogP contribution < -0.4 is 11.1 Å². The van der Waals surface area contributed by atoms with Gasteiger partial charge in [-0.1, -0.05) is 0 Å². The minimum atomic E-state index is -0.558. The van der Waals surface area contributed by atoms with Crippen molar-refractivity contribution < 1.29 is 18.8 Å². The molecule has 1 heterocycles. The molecule has 0 unspecified atom stereocenters. The van der Waals surface area contributed by atoms with Crippen LogP contribution in [0.15, 0.2) is 18.2 Å². The molecule has 1 aliphatic rings. The van der Waals surface area contributed by atoms with Crippen LogP contribution in [-0.4, -0.2) is 29.2 Å². The van der Waals surface area contributed by atoms with Crippen LogP contribution in [0.25, 0.3) is 0 Å². The number of anilines is 2. The number of nitrogens with two attached hydrogens (primary N) is 1. The van der Waals surface area contributed by atoms with E-state index < -0.39 is 5.82 Å². The molecule has 0 aromatic heterocycles. The summed E-state index contributed by atoms with van der Waals surface area (Å²) in [4.78, 5) is 36.0. The number of hydrogen-bond acceptors (Lipinski definition) is 4. The molecule has 0 radical (unpaired) electrons. The van der Waals surface area contributed by atoms with Crippen LogP contribution in [0.2, 0.25) is 0 Å². The minimum absolute atomic E-state index is 0.00520. The normalized spacial score (nSPS) is 15.2. The zero-order valence-electron chi connectivity index (χ0n) is 11.4. The molecule has 2 rings (SSSR count). The summed E-state index contributed by atoms with van der Waals surface area (Å²) < 4.78 is 13.0. The van der Waals surface area contributed by atoms with E-state index in [0.29, 0.717) is 24.9 Å². The molecule has 3 amide bonds. The third-order valence-corrected chi connectivity index (χ3v) is 3.23. The van der Waals surface area contributed by atoms with Gasteiger partial charge in [0.1, 0.15) is 5.82 Å². The summed E-state index contributed by atoms with van der Waals surface area (Å²) in [6.45, 7) is 0.0557. The molecular formula is C14H16FN3O3. The van der Waals surface area contributed by atoms with E-state index in [-0.39, 0.29) is 36.4 Å². The number of nitrogens with zero attached hydrogens (tertiary/aromatic N) is 1. The Morgan fingerprint density at radius 1 is 1.29 bits per heavy atom. The number of piperidine rings is 1. The molecule has 0 spiro atoms. The first kappa shape index (κ1) is 15.0. The first-order valence-electron chi connectivity index (χ1n) is 6.65. The summed E-state index contributed by atoms with van der Waals surface area (Å²) in [7, 11) is 0. The van der Waals surface area contributed by atoms with Crippen molar-refractivity contribution in [3.8, 4) is 0 Å². The van der Waals surface area contributed by atoms with Crippen molar-refractivity contribution in [2.45, 2.75) is 25.7 Å². The first-order chi connectivity index (χ1) is 9.97. The van der Waals surface area contributed by atoms with Crippen molar-refractivity contribution in [1.29, 1.82) is 0 Å². The van der Waals surface area contributed by atoms with Gasteiger partial charge in [0.25, 0.3) is 0 Å². The lowest BCUT2D eigenvalue weighted by atomic mass is 10.1. The second kappa shape index (κ2) is 6.34. The number of carbonyl (C=O) groups is 3. The zero-order chi connectivity index (χ0) is 15.4. The molecule has 1 saturated heterocycles. The van der Waals surface area contributed by atoms with E-state index in [2.05, 4.69) is 5.32 Å². The van der Waals surface area contributed by atoms with E-state index in [9.17, 15) is 18.8 Å². The summed E-state index contributed by atoms with van der Waals surface area (Å²) in [5, 5.41) is 2.54. The molecule has 112 valence electrons. The molecule has 6 nitrogen and oxygen atoms in total. The average Bonchev–Trinajstić information content (AvgIpc) is 2.42. The summed E-state index contributed by atoms with van der Waals surface area (Å²) in [6, 6.07) is 3.86. The topological polar surface area (TPSA) is 92.5 Å². The molecule has 3 N–H and O–H groups in total. The average molecular weight is 293 g/mol. The van der Waals surface area contributed by atoms with Gasteiger partial charge in [0.2, 0.25) is 17.7 Å². The van der Waals surface area contributed by atoms with Crippen molar-refractivity contribution in [1.82, 2.24) is 4.90 Å². The Labute approximate surface area is 121 Å². The minimum Gasteiger partial charge on any atom is -0.396 e. The third kappa shape index (κ3) is 3.77. The van der Waals surface area contributed by atoms with Crippen LogP contribution in [0, 0.1) is 5.82 Å². The Hall–Kier alpha value is -2.44. The van der Waals surface area contributed by atoms with E-state index in [4.69, 9.17) is 5.73 Å². The van der Waals surface area contributed by atoms with Gasteiger partial charge in [0.15, 0.2) is 0 Å². The lowest BCUT2D eigenvalue weighted by molar-refractivity contribution is -0.148. The molecule has 0 bridgehead atoms. The maximum absolute atomic E-state index is 13.0. The van der Waals surface area contributed by atoms with E-state index in [1.807, 2.05) is 0 Å². The number of carbonyl (C=O) groups excluding carboxylic acids is 3. The monoisotopic (exact) mass is 293 g/mol. The molecule has 1 aromatic carbocycles. The highest BCUT2D eigenvalue weighted by Gasteiger charge is 2.25. The van der Waals surface area contributed by atoms with Gasteiger partial charge < -0.3 is 11.1 Å². The van der Waals surface area contributed by atoms with E-state index >= 15 is 0 Å². The summed E-state index contributed by atoms with van der Waals surface area (Å²) in [6.07, 6.45) is 1.23. The van der Waals surface area contributed by atoms with Crippen molar-refractivity contribution in [3.63, 3.8) is 0 Å². The second-order valence-electron chi connectivity index (χ2n) is 4.83. The van der Waals surface area contributed by atoms with Gasteiger partial charge in [0.05, 0.1) is 5.69 Å². The number of imide groups is 1. The fraction of sp³-hybridized carbons (Fsp3) is 0.357. The molecular weight excluding hydrogens is 277 g/mol. The van der Waals surface area contributed by atoms with Crippen LogP contribution in [0.5, 0.6) is 0 Å². The predicted molar refractivity (Wildman–Crippen MR) is 74.6 cm³/mol. The molecule has 0 aliphatic carbocycles. The standard InChI is InChI=1S/C14H16FN3O3/c15-10-5-4-9(8-11(10)16)17-12(19)6-7-18-13(20)2-1-3-14(18)21/h4-5,8H,1-3,6-7,16H2,(H,17,19). The Morgan fingerprint density at radius 2 is 1.95 bits per heavy atom. The summed E-state index contributed by atoms with van der Waals surface area (Å²) in [5.41, 5.74) is 5.71. The van der Waals surface area contributed by atoms with Crippen LogP contribution in [0.4, 0.5) is 15.8 Å². The number of likely N-dealkylation sites (tertiary alicyclic amines) is 1. The first-order valence-corrected chi connectivity index (χ1v) is 6.65. The lowest BCUT2D eigenvalue weighted by Gasteiger charge is -2.24. The third-order valence-electron chi connectivity index (χ3n) is 3.23. The van der Waals surface area contributed by atoms with Gasteiger partial charge in [0, 0.05) is 31.5 Å². The molecule has 1 aliphatic heterocycles. The molecule has 21 heavy (non-hydrogen) atoms. The Morgan fingerprint density at radius 3 is 2.57 bits per heavy atom. The number of nitrogens with one attached hydrogen (secondary N) is 1. The molecule has 0 atom stereocenters. The highest BCUT2D eigenvalue weighted by atomic mass is 19.1. The fourth-order valence-corrected chi connectivity index (χ4v) is 2.11. The Bertz CT molecular complexity index is 573. The highest BCUT2D eigenvalue weighted by Crippen LogP contribution is 2.17. The number of hydrogen-bond donors (Lipinski definition) is 2. The van der Waals surface area contributed by atoms with E-state index in [1.165, 1.54) is 12.1 Å². The molecule has 1 fully saturated rings. The number of rotatable bonds is 4. The maximum atomic E-state index is 13.0. The largest absolute Gasteiger partial charge is 0.396 e. The van der Waals surface area contributed by atoms with Crippen LogP contribution in [-0.2, 0) is 14.4 Å². The fourth-order valence-electron chi connectivity index (χ4n) is 2.11. The quantitative estimate of drug-likeness (QED) is 0.646. The number of halogens is 1. The number of amides is 3. The van der Waals surface area contributed by atoms with Crippen LogP contribution >= 0.6 is 0 Å². The number of nitrogen functional groups attached to an aromatic ring is 1. The maximum Gasteiger partial charge on any atom is 0.229 e. The molecule has 1 aromatic rings. The van der Waals surface area contributed by atoms with Gasteiger partial charge >= 0.3 is 0 Å². The SMILES string of the molecule is Nc1cc(NC(=O)CCN2C(=O)CCCC2=O)ccc1F.